The predicted molar refractivity (Wildman–Crippen MR) is 173 cm³/mol. The largest absolute Gasteiger partial charge is 0.512 e. The second-order valence-corrected chi connectivity index (χ2v) is 14.7. The van der Waals surface area contributed by atoms with E-state index in [2.05, 4.69) is 26.0 Å². The van der Waals surface area contributed by atoms with Crippen LogP contribution in [-0.2, 0) is 4.79 Å². The highest BCUT2D eigenvalue weighted by Crippen LogP contribution is 2.49. The van der Waals surface area contributed by atoms with Crippen LogP contribution in [-0.4, -0.2) is 76.7 Å². The van der Waals surface area contributed by atoms with Gasteiger partial charge in [-0.3, -0.25) is 9.69 Å². The monoisotopic (exact) mass is 637 g/mol. The highest BCUT2D eigenvalue weighted by Gasteiger charge is 2.51. The number of terminal acetylenes is 1. The molecule has 4 heterocycles. The zero-order chi connectivity index (χ0) is 32.0. The van der Waals surface area contributed by atoms with Crippen molar-refractivity contribution >= 4 is 28.6 Å². The maximum absolute atomic E-state index is 16.9. The Hall–Kier alpha value is -4.07. The summed E-state index contributed by atoms with van der Waals surface area (Å²) in [5.41, 5.74) is 1.57. The number of hydrogen-bond acceptors (Lipinski definition) is 8. The van der Waals surface area contributed by atoms with Gasteiger partial charge in [0.1, 0.15) is 22.9 Å². The number of aliphatic hydroxyl groups excluding tert-OH is 1. The fraction of sp³-hybridized carbons (Fsp3) is 0.486. The Balaban J connectivity index is 1.10. The number of halogens is 2. The molecule has 3 aromatic rings. The molecule has 9 rings (SSSR count). The first-order valence-electron chi connectivity index (χ1n) is 16.9. The molecular formula is C37H37F2N5O3. The summed E-state index contributed by atoms with van der Waals surface area (Å²) in [5, 5.41) is 14.6. The lowest BCUT2D eigenvalue weighted by Gasteiger charge is -2.34. The van der Waals surface area contributed by atoms with Crippen LogP contribution in [0.2, 0.25) is 0 Å². The number of hydrogen-bond donors (Lipinski definition) is 2. The van der Waals surface area contributed by atoms with Crippen molar-refractivity contribution in [2.45, 2.75) is 69.0 Å². The number of nitrogens with zero attached hydrogens (tertiary/aromatic N) is 4. The van der Waals surface area contributed by atoms with Gasteiger partial charge >= 0.3 is 6.01 Å². The first kappa shape index (κ1) is 29.1. The Kier molecular flexibility index (Phi) is 6.64. The Morgan fingerprint density at radius 2 is 1.91 bits per heavy atom. The third-order valence-electron chi connectivity index (χ3n) is 11.5. The number of ether oxygens (including phenoxy) is 1. The lowest BCUT2D eigenvalue weighted by Crippen LogP contribution is -2.51. The topological polar surface area (TPSA) is 90.8 Å². The fourth-order valence-electron chi connectivity index (χ4n) is 8.99. The van der Waals surface area contributed by atoms with E-state index in [4.69, 9.17) is 16.1 Å². The lowest BCUT2D eigenvalue weighted by molar-refractivity contribution is -0.122. The summed E-state index contributed by atoms with van der Waals surface area (Å²) in [6, 6.07) is 7.63. The molecule has 2 saturated carbocycles. The predicted octanol–water partition coefficient (Wildman–Crippen LogP) is 5.09. The van der Waals surface area contributed by atoms with E-state index in [1.807, 2.05) is 0 Å². The van der Waals surface area contributed by atoms with Crippen molar-refractivity contribution in [3.63, 3.8) is 0 Å². The molecule has 5 unspecified atom stereocenters. The summed E-state index contributed by atoms with van der Waals surface area (Å²) in [5.74, 6) is 1.38. The Bertz CT molecular complexity index is 1890. The molecule has 8 nitrogen and oxygen atoms in total. The highest BCUT2D eigenvalue weighted by molar-refractivity contribution is 5.91. The van der Waals surface area contributed by atoms with Crippen molar-refractivity contribution in [3.8, 4) is 18.4 Å². The standard InChI is InChI=1S/C37H37F2N5O3/c1-2-20-4-3-5-21-11-26(45)13-27(31(20)21)32-29(38)14-28-34(33(32)39)41-36(42-35(28)43-16-23-6-7-24(17-43)40-23)47-19-37(8-9-37)18-44-15-22-10-25(44)12-30(22)46/h1,3-5,11,14,22-25,27,40,45H,6-10,12-13,15-19H2. The Labute approximate surface area is 272 Å². The zero-order valence-corrected chi connectivity index (χ0v) is 26.1. The number of carbonyl (C=O) groups is 1. The number of nitrogens with one attached hydrogen (secondary N) is 1. The van der Waals surface area contributed by atoms with Gasteiger partial charge in [0, 0.05) is 90.9 Å². The molecular weight excluding hydrogens is 600 g/mol. The van der Waals surface area contributed by atoms with Gasteiger partial charge in [0.2, 0.25) is 0 Å². The van der Waals surface area contributed by atoms with Crippen molar-refractivity contribution in [2.24, 2.45) is 11.3 Å². The van der Waals surface area contributed by atoms with Gasteiger partial charge in [-0.15, -0.1) is 6.42 Å². The van der Waals surface area contributed by atoms with Crippen LogP contribution in [0.25, 0.3) is 17.0 Å². The number of carbonyl (C=O) groups excluding carboxylic acids is 1. The van der Waals surface area contributed by atoms with Crippen molar-refractivity contribution in [3.05, 3.63) is 63.9 Å². The second-order valence-electron chi connectivity index (χ2n) is 14.7. The number of aromatic nitrogens is 2. The number of benzene rings is 2. The summed E-state index contributed by atoms with van der Waals surface area (Å²) in [6.45, 7) is 3.43. The summed E-state index contributed by atoms with van der Waals surface area (Å²) < 4.78 is 39.6. The maximum atomic E-state index is 16.9. The smallest absolute Gasteiger partial charge is 0.319 e. The summed E-state index contributed by atoms with van der Waals surface area (Å²) in [7, 11) is 0. The summed E-state index contributed by atoms with van der Waals surface area (Å²) >= 11 is 0. The van der Waals surface area contributed by atoms with E-state index < -0.39 is 17.6 Å². The summed E-state index contributed by atoms with van der Waals surface area (Å²) in [4.78, 5) is 26.1. The quantitative estimate of drug-likeness (QED) is 0.347. The average Bonchev–Trinajstić information content (AvgIpc) is 3.37. The SMILES string of the molecule is C#Cc1cccc2c1C(c1c(F)cc3c(N4CC5CCC(C4)N5)nc(OCC4(CN5CC6CC5CC6=O)CC4)nc3c1F)CC(O)=C2. The van der Waals surface area contributed by atoms with Gasteiger partial charge in [0.15, 0.2) is 5.82 Å². The van der Waals surface area contributed by atoms with E-state index in [-0.39, 0.29) is 52.7 Å². The third-order valence-corrected chi connectivity index (χ3v) is 11.5. The highest BCUT2D eigenvalue weighted by atomic mass is 19.1. The Morgan fingerprint density at radius 3 is 2.62 bits per heavy atom. The number of piperidine rings is 1. The normalized spacial score (nSPS) is 28.8. The van der Waals surface area contributed by atoms with Gasteiger partial charge in [0.25, 0.3) is 0 Å². The average molecular weight is 638 g/mol. The van der Waals surface area contributed by atoms with Crippen molar-refractivity contribution in [2.75, 3.05) is 37.7 Å². The first-order chi connectivity index (χ1) is 22.8. The third kappa shape index (κ3) is 4.89. The van der Waals surface area contributed by atoms with Gasteiger partial charge in [-0.05, 0) is 61.4 Å². The van der Waals surface area contributed by atoms with Gasteiger partial charge in [-0.1, -0.05) is 18.1 Å². The molecule has 10 heteroatoms. The minimum atomic E-state index is -0.832. The van der Waals surface area contributed by atoms with Crippen LogP contribution < -0.4 is 15.0 Å². The molecule has 0 spiro atoms. The van der Waals surface area contributed by atoms with E-state index in [1.165, 1.54) is 6.07 Å². The van der Waals surface area contributed by atoms with E-state index in [0.717, 1.165) is 45.2 Å². The van der Waals surface area contributed by atoms with Crippen LogP contribution in [0.4, 0.5) is 14.6 Å². The minimum absolute atomic E-state index is 0.00118. The number of aliphatic hydroxyl groups is 1. The molecule has 242 valence electrons. The molecule has 0 radical (unpaired) electrons. The number of anilines is 1. The van der Waals surface area contributed by atoms with Crippen LogP contribution in [0.5, 0.6) is 6.01 Å². The molecule has 2 aromatic carbocycles. The van der Waals surface area contributed by atoms with Crippen LogP contribution in [0.15, 0.2) is 30.0 Å². The van der Waals surface area contributed by atoms with Crippen molar-refractivity contribution < 1.29 is 23.4 Å². The number of allylic oxidation sites excluding steroid dienone is 1. The fourth-order valence-corrected chi connectivity index (χ4v) is 8.99. The number of Topliss-reactive ketones (excluding diaryl/α,β-unsaturated/α-hetero) is 1. The molecule has 5 atom stereocenters. The van der Waals surface area contributed by atoms with E-state index >= 15 is 8.78 Å². The number of rotatable bonds is 7. The van der Waals surface area contributed by atoms with Crippen molar-refractivity contribution in [1.29, 1.82) is 0 Å². The van der Waals surface area contributed by atoms with Gasteiger partial charge < -0.3 is 20.1 Å². The number of likely N-dealkylation sites (tertiary alicyclic amines) is 1. The van der Waals surface area contributed by atoms with E-state index in [9.17, 15) is 9.90 Å². The first-order valence-corrected chi connectivity index (χ1v) is 16.9. The molecule has 1 aromatic heterocycles. The maximum Gasteiger partial charge on any atom is 0.319 e. The van der Waals surface area contributed by atoms with E-state index in [0.29, 0.717) is 65.8 Å². The number of fused-ring (bicyclic) bond motifs is 6. The Morgan fingerprint density at radius 1 is 1.11 bits per heavy atom. The zero-order valence-electron chi connectivity index (χ0n) is 26.1. The molecule has 3 aliphatic heterocycles. The molecule has 6 aliphatic rings. The van der Waals surface area contributed by atoms with Crippen molar-refractivity contribution in [1.82, 2.24) is 20.2 Å². The number of ketones is 1. The second kappa shape index (κ2) is 10.7. The molecule has 4 bridgehead atoms. The number of piperazine rings is 1. The van der Waals surface area contributed by atoms with Gasteiger partial charge in [-0.25, -0.2) is 8.78 Å². The summed E-state index contributed by atoms with van der Waals surface area (Å²) in [6.07, 6.45) is 13.2. The minimum Gasteiger partial charge on any atom is -0.512 e. The van der Waals surface area contributed by atoms with Crippen LogP contribution >= 0.6 is 0 Å². The van der Waals surface area contributed by atoms with Crippen LogP contribution in [0.3, 0.4) is 0 Å². The van der Waals surface area contributed by atoms with Crippen LogP contribution in [0.1, 0.15) is 73.1 Å². The molecule has 0 amide bonds. The molecule has 3 saturated heterocycles. The lowest BCUT2D eigenvalue weighted by atomic mass is 9.78. The van der Waals surface area contributed by atoms with E-state index in [1.54, 1.807) is 24.3 Å². The molecule has 5 fully saturated rings. The van der Waals surface area contributed by atoms with Gasteiger partial charge in [0.05, 0.1) is 12.4 Å². The molecule has 2 N–H and O–H groups in total. The van der Waals surface area contributed by atoms with Gasteiger partial charge in [-0.2, -0.15) is 9.97 Å². The molecule has 3 aliphatic carbocycles. The molecule has 47 heavy (non-hydrogen) atoms. The van der Waals surface area contributed by atoms with Crippen LogP contribution in [0, 0.1) is 35.3 Å².